The van der Waals surface area contributed by atoms with E-state index >= 15 is 0 Å². The molecule has 0 aliphatic heterocycles. The zero-order chi connectivity index (χ0) is 12.8. The van der Waals surface area contributed by atoms with Crippen molar-refractivity contribution in [3.8, 4) is 0 Å². The maximum absolute atomic E-state index is 11.5. The van der Waals surface area contributed by atoms with Crippen LogP contribution in [0.2, 0.25) is 0 Å². The van der Waals surface area contributed by atoms with E-state index in [0.29, 0.717) is 12.5 Å². The Morgan fingerprint density at radius 3 is 2.82 bits per heavy atom. The molecular weight excluding hydrogens is 218 g/mol. The molecule has 1 amide bonds. The first kappa shape index (κ1) is 13.3. The van der Waals surface area contributed by atoms with Crippen molar-refractivity contribution >= 4 is 11.6 Å². The molecule has 1 rings (SSSR count). The fourth-order valence-electron chi connectivity index (χ4n) is 1.37. The van der Waals surface area contributed by atoms with Gasteiger partial charge in [-0.15, -0.1) is 0 Å². The smallest absolute Gasteiger partial charge is 0.239 e. The fourth-order valence-corrected chi connectivity index (χ4v) is 1.37. The molecule has 0 aliphatic carbocycles. The van der Waals surface area contributed by atoms with Crippen LogP contribution in [-0.2, 0) is 11.3 Å². The Morgan fingerprint density at radius 2 is 2.24 bits per heavy atom. The van der Waals surface area contributed by atoms with Crippen LogP contribution in [0.3, 0.4) is 0 Å². The lowest BCUT2D eigenvalue weighted by molar-refractivity contribution is -0.121. The van der Waals surface area contributed by atoms with Crippen LogP contribution in [0.15, 0.2) is 23.3 Å². The average molecular weight is 237 g/mol. The number of hydrogen-bond acceptors (Lipinski definition) is 3. The molecule has 94 valence electrons. The Labute approximate surface area is 101 Å². The Bertz CT molecular complexity index is 438. The number of nitrogen functional groups attached to an aromatic ring is 1. The van der Waals surface area contributed by atoms with E-state index in [1.807, 2.05) is 0 Å². The van der Waals surface area contributed by atoms with Crippen molar-refractivity contribution in [3.63, 3.8) is 0 Å². The van der Waals surface area contributed by atoms with Gasteiger partial charge in [-0.2, -0.15) is 0 Å². The third-order valence-corrected chi connectivity index (χ3v) is 2.38. The third kappa shape index (κ3) is 4.72. The summed E-state index contributed by atoms with van der Waals surface area (Å²) < 4.78 is 1.60. The molecule has 0 bridgehead atoms. The van der Waals surface area contributed by atoms with E-state index in [9.17, 15) is 9.59 Å². The summed E-state index contributed by atoms with van der Waals surface area (Å²) >= 11 is 0. The van der Waals surface area contributed by atoms with Gasteiger partial charge in [-0.25, -0.2) is 0 Å². The first-order valence-corrected chi connectivity index (χ1v) is 5.71. The summed E-state index contributed by atoms with van der Waals surface area (Å²) in [4.78, 5) is 22.6. The number of rotatable bonds is 5. The van der Waals surface area contributed by atoms with Crippen LogP contribution in [-0.4, -0.2) is 17.0 Å². The molecular formula is C12H19N3O2. The van der Waals surface area contributed by atoms with Gasteiger partial charge in [-0.3, -0.25) is 9.59 Å². The second kappa shape index (κ2) is 6.08. The number of hydrogen-bond donors (Lipinski definition) is 2. The van der Waals surface area contributed by atoms with Crippen LogP contribution in [0.1, 0.15) is 20.3 Å². The van der Waals surface area contributed by atoms with E-state index in [1.165, 1.54) is 12.3 Å². The van der Waals surface area contributed by atoms with Crippen molar-refractivity contribution in [1.82, 2.24) is 9.88 Å². The molecule has 5 heteroatoms. The maximum atomic E-state index is 11.5. The molecule has 0 spiro atoms. The van der Waals surface area contributed by atoms with Crippen molar-refractivity contribution in [2.75, 3.05) is 12.3 Å². The molecule has 1 heterocycles. The molecule has 1 aromatic heterocycles. The van der Waals surface area contributed by atoms with Gasteiger partial charge < -0.3 is 15.6 Å². The highest BCUT2D eigenvalue weighted by atomic mass is 16.2. The molecule has 1 aromatic rings. The number of carbonyl (C=O) groups is 1. The van der Waals surface area contributed by atoms with E-state index in [2.05, 4.69) is 19.2 Å². The van der Waals surface area contributed by atoms with Crippen molar-refractivity contribution in [2.45, 2.75) is 26.8 Å². The molecule has 0 aliphatic rings. The first-order chi connectivity index (χ1) is 7.99. The lowest BCUT2D eigenvalue weighted by Gasteiger charge is -2.09. The molecule has 3 N–H and O–H groups in total. The largest absolute Gasteiger partial charge is 0.394 e. The summed E-state index contributed by atoms with van der Waals surface area (Å²) in [5.74, 6) is 0.493. The second-order valence-electron chi connectivity index (χ2n) is 4.47. The van der Waals surface area contributed by atoms with Crippen LogP contribution < -0.4 is 16.5 Å². The van der Waals surface area contributed by atoms with Crippen LogP contribution in [0, 0.1) is 5.92 Å². The van der Waals surface area contributed by atoms with Gasteiger partial charge in [0.1, 0.15) is 6.54 Å². The van der Waals surface area contributed by atoms with Gasteiger partial charge in [0.2, 0.25) is 11.3 Å². The summed E-state index contributed by atoms with van der Waals surface area (Å²) in [5, 5.41) is 2.82. The van der Waals surface area contributed by atoms with Crippen molar-refractivity contribution in [2.24, 2.45) is 5.92 Å². The number of nitrogens with two attached hydrogens (primary N) is 1. The van der Waals surface area contributed by atoms with Crippen LogP contribution in [0.5, 0.6) is 0 Å². The minimum Gasteiger partial charge on any atom is -0.394 e. The number of anilines is 1. The molecule has 0 unspecified atom stereocenters. The predicted molar refractivity (Wildman–Crippen MR) is 67.6 cm³/mol. The van der Waals surface area contributed by atoms with Crippen LogP contribution in [0.25, 0.3) is 0 Å². The molecule has 17 heavy (non-hydrogen) atoms. The zero-order valence-electron chi connectivity index (χ0n) is 10.3. The quantitative estimate of drug-likeness (QED) is 0.787. The van der Waals surface area contributed by atoms with Crippen LogP contribution in [0.4, 0.5) is 5.69 Å². The van der Waals surface area contributed by atoms with E-state index in [4.69, 9.17) is 5.73 Å². The lowest BCUT2D eigenvalue weighted by Crippen LogP contribution is -2.29. The molecule has 0 fully saturated rings. The normalized spacial score (nSPS) is 10.5. The van der Waals surface area contributed by atoms with Gasteiger partial charge in [0.15, 0.2) is 0 Å². The topological polar surface area (TPSA) is 77.1 Å². The lowest BCUT2D eigenvalue weighted by atomic mass is 10.1. The molecule has 5 nitrogen and oxygen atoms in total. The minimum absolute atomic E-state index is 0.0753. The van der Waals surface area contributed by atoms with Crippen molar-refractivity contribution < 1.29 is 4.79 Å². The van der Waals surface area contributed by atoms with Gasteiger partial charge in [-0.05, 0) is 12.3 Å². The Morgan fingerprint density at radius 1 is 1.53 bits per heavy atom. The number of carbonyl (C=O) groups excluding carboxylic acids is 1. The summed E-state index contributed by atoms with van der Waals surface area (Å²) in [7, 11) is 0. The van der Waals surface area contributed by atoms with Gasteiger partial charge in [0.25, 0.3) is 0 Å². The zero-order valence-corrected chi connectivity index (χ0v) is 10.3. The highest BCUT2D eigenvalue weighted by Crippen LogP contribution is 1.97. The molecule has 0 atom stereocenters. The van der Waals surface area contributed by atoms with Gasteiger partial charge in [0.05, 0.1) is 5.69 Å². The van der Waals surface area contributed by atoms with Gasteiger partial charge in [0, 0.05) is 25.0 Å². The van der Waals surface area contributed by atoms with E-state index in [0.717, 1.165) is 6.42 Å². The monoisotopic (exact) mass is 237 g/mol. The summed E-state index contributed by atoms with van der Waals surface area (Å²) in [6.07, 6.45) is 3.99. The van der Waals surface area contributed by atoms with Crippen molar-refractivity contribution in [3.05, 3.63) is 28.7 Å². The second-order valence-corrected chi connectivity index (χ2v) is 4.47. The Kier molecular flexibility index (Phi) is 4.75. The summed E-state index contributed by atoms with van der Waals surface area (Å²) in [6.45, 7) is 5.07. The number of nitrogens with zero attached hydrogens (tertiary/aromatic N) is 1. The van der Waals surface area contributed by atoms with E-state index in [-0.39, 0.29) is 23.6 Å². The van der Waals surface area contributed by atoms with Crippen LogP contribution >= 0.6 is 0 Å². The molecule has 0 saturated heterocycles. The van der Waals surface area contributed by atoms with E-state index in [1.54, 1.807) is 10.8 Å². The van der Waals surface area contributed by atoms with Crippen molar-refractivity contribution in [1.29, 1.82) is 0 Å². The van der Waals surface area contributed by atoms with Gasteiger partial charge in [-0.1, -0.05) is 13.8 Å². The SMILES string of the molecule is CC(C)CCNC(=O)Cn1ccc(=O)c(N)c1. The Balaban J connectivity index is 2.45. The summed E-state index contributed by atoms with van der Waals surface area (Å²) in [6, 6.07) is 1.36. The molecule has 0 radical (unpaired) electrons. The first-order valence-electron chi connectivity index (χ1n) is 5.71. The van der Waals surface area contributed by atoms with E-state index < -0.39 is 0 Å². The number of amides is 1. The Hall–Kier alpha value is -1.78. The summed E-state index contributed by atoms with van der Waals surface area (Å²) in [5.41, 5.74) is 5.41. The number of aromatic nitrogens is 1. The predicted octanol–water partition coefficient (Wildman–Crippen LogP) is 0.593. The average Bonchev–Trinajstić information content (AvgIpc) is 2.23. The minimum atomic E-state index is -0.221. The third-order valence-electron chi connectivity index (χ3n) is 2.38. The highest BCUT2D eigenvalue weighted by molar-refractivity contribution is 5.75. The fraction of sp³-hybridized carbons (Fsp3) is 0.500. The standard InChI is InChI=1S/C12H19N3O2/c1-9(2)3-5-14-12(17)8-15-6-4-11(16)10(13)7-15/h4,6-7,9H,3,5,8,13H2,1-2H3,(H,14,17). The van der Waals surface area contributed by atoms with Gasteiger partial charge >= 0.3 is 0 Å². The number of pyridine rings is 1. The maximum Gasteiger partial charge on any atom is 0.239 e. The molecule has 0 saturated carbocycles. The number of nitrogens with one attached hydrogen (secondary N) is 1. The molecule has 0 aromatic carbocycles. The highest BCUT2D eigenvalue weighted by Gasteiger charge is 2.03.